The van der Waals surface area contributed by atoms with Crippen molar-refractivity contribution in [3.8, 4) is 11.5 Å². The van der Waals surface area contributed by atoms with E-state index in [0.29, 0.717) is 5.92 Å². The molecule has 0 aliphatic heterocycles. The van der Waals surface area contributed by atoms with E-state index in [1.807, 2.05) is 35.4 Å². The first-order valence-corrected chi connectivity index (χ1v) is 8.26. The summed E-state index contributed by atoms with van der Waals surface area (Å²) in [5.74, 6) is 2.64. The second kappa shape index (κ2) is 5.06. The minimum atomic E-state index is 0.216. The van der Waals surface area contributed by atoms with Crippen molar-refractivity contribution < 1.29 is 0 Å². The highest BCUT2D eigenvalue weighted by molar-refractivity contribution is 5.59. The van der Waals surface area contributed by atoms with E-state index >= 15 is 0 Å². The molecule has 1 aliphatic carbocycles. The van der Waals surface area contributed by atoms with Gasteiger partial charge in [0.1, 0.15) is 11.5 Å². The third kappa shape index (κ3) is 1.99. The number of aryl methyl sites for hydroxylation is 1. The Morgan fingerprint density at radius 2 is 1.92 bits per heavy atom. The maximum absolute atomic E-state index is 4.65. The molecule has 0 radical (unpaired) electrons. The molecule has 4 aromatic heterocycles. The first kappa shape index (κ1) is 13.5. The standard InChI is InChI=1S/C18H18N6/c1-22-11-9-20-18(22)16(13-5-6-13)23-12-10-19-17(23)15-4-2-3-14-7-8-21-24(14)15/h2-4,7-13,16H,5-6H2,1H3. The number of imidazole rings is 2. The summed E-state index contributed by atoms with van der Waals surface area (Å²) >= 11 is 0. The Morgan fingerprint density at radius 1 is 1.04 bits per heavy atom. The molecular weight excluding hydrogens is 300 g/mol. The van der Waals surface area contributed by atoms with Gasteiger partial charge in [-0.2, -0.15) is 5.10 Å². The number of rotatable bonds is 4. The maximum atomic E-state index is 4.65. The molecule has 0 N–H and O–H groups in total. The van der Waals surface area contributed by atoms with E-state index in [-0.39, 0.29) is 6.04 Å². The molecule has 4 aromatic rings. The van der Waals surface area contributed by atoms with Crippen LogP contribution < -0.4 is 0 Å². The second-order valence-electron chi connectivity index (χ2n) is 6.42. The first-order valence-electron chi connectivity index (χ1n) is 8.26. The molecular formula is C18H18N6. The van der Waals surface area contributed by atoms with Crippen LogP contribution in [0.1, 0.15) is 24.7 Å². The Hall–Kier alpha value is -2.89. The Morgan fingerprint density at radius 3 is 2.71 bits per heavy atom. The van der Waals surface area contributed by atoms with Gasteiger partial charge in [-0.3, -0.25) is 0 Å². The lowest BCUT2D eigenvalue weighted by Gasteiger charge is -2.20. The summed E-state index contributed by atoms with van der Waals surface area (Å²) in [6.07, 6.45) is 12.1. The SMILES string of the molecule is Cn1ccnc1C(C1CC1)n1ccnc1-c1cccc2ccnn12. The highest BCUT2D eigenvalue weighted by atomic mass is 15.3. The van der Waals surface area contributed by atoms with E-state index in [0.717, 1.165) is 22.9 Å². The lowest BCUT2D eigenvalue weighted by atomic mass is 10.1. The highest BCUT2D eigenvalue weighted by Crippen LogP contribution is 2.44. The third-order valence-electron chi connectivity index (χ3n) is 4.81. The van der Waals surface area contributed by atoms with E-state index in [1.54, 1.807) is 0 Å². The van der Waals surface area contributed by atoms with Crippen LogP contribution >= 0.6 is 0 Å². The Labute approximate surface area is 139 Å². The molecule has 5 rings (SSSR count). The molecule has 6 heteroatoms. The fraction of sp³-hybridized carbons (Fsp3) is 0.278. The summed E-state index contributed by atoms with van der Waals surface area (Å²) in [5, 5.41) is 4.46. The predicted octanol–water partition coefficient (Wildman–Crippen LogP) is 2.93. The summed E-state index contributed by atoms with van der Waals surface area (Å²) in [4.78, 5) is 9.26. The van der Waals surface area contributed by atoms with Gasteiger partial charge < -0.3 is 9.13 Å². The largest absolute Gasteiger partial charge is 0.336 e. The van der Waals surface area contributed by atoms with Crippen molar-refractivity contribution in [2.75, 3.05) is 0 Å². The fourth-order valence-electron chi connectivity index (χ4n) is 3.49. The molecule has 1 saturated carbocycles. The summed E-state index contributed by atoms with van der Waals surface area (Å²) in [5.41, 5.74) is 2.07. The maximum Gasteiger partial charge on any atom is 0.159 e. The minimum Gasteiger partial charge on any atom is -0.336 e. The molecule has 120 valence electrons. The van der Waals surface area contributed by atoms with Crippen molar-refractivity contribution in [3.63, 3.8) is 0 Å². The number of aromatic nitrogens is 6. The zero-order chi connectivity index (χ0) is 16.1. The van der Waals surface area contributed by atoms with E-state index in [1.165, 1.54) is 12.8 Å². The molecule has 1 aliphatic rings. The van der Waals surface area contributed by atoms with E-state index in [2.05, 4.69) is 55.6 Å². The monoisotopic (exact) mass is 318 g/mol. The quantitative estimate of drug-likeness (QED) is 0.581. The summed E-state index contributed by atoms with van der Waals surface area (Å²) in [7, 11) is 2.06. The van der Waals surface area contributed by atoms with Crippen LogP contribution in [-0.2, 0) is 7.05 Å². The van der Waals surface area contributed by atoms with Gasteiger partial charge in [-0.1, -0.05) is 6.07 Å². The average Bonchev–Trinajstić information content (AvgIpc) is 3.00. The van der Waals surface area contributed by atoms with E-state index in [4.69, 9.17) is 0 Å². The molecule has 0 aromatic carbocycles. The normalized spacial score (nSPS) is 15.9. The van der Waals surface area contributed by atoms with Crippen molar-refractivity contribution in [1.29, 1.82) is 0 Å². The van der Waals surface area contributed by atoms with Gasteiger partial charge in [-0.15, -0.1) is 0 Å². The number of hydrogen-bond acceptors (Lipinski definition) is 3. The van der Waals surface area contributed by atoms with Crippen LogP contribution in [0.5, 0.6) is 0 Å². The summed E-state index contributed by atoms with van der Waals surface area (Å²) in [6.45, 7) is 0. The number of nitrogens with zero attached hydrogens (tertiary/aromatic N) is 6. The van der Waals surface area contributed by atoms with Crippen LogP contribution in [0.15, 0.2) is 55.2 Å². The Bertz CT molecular complexity index is 1000. The molecule has 1 atom stereocenters. The van der Waals surface area contributed by atoms with Gasteiger partial charge in [0.25, 0.3) is 0 Å². The third-order valence-corrected chi connectivity index (χ3v) is 4.81. The summed E-state index contributed by atoms with van der Waals surface area (Å²) in [6, 6.07) is 8.40. The Kier molecular flexibility index (Phi) is 2.85. The van der Waals surface area contributed by atoms with Gasteiger partial charge in [0.15, 0.2) is 5.82 Å². The van der Waals surface area contributed by atoms with Gasteiger partial charge >= 0.3 is 0 Å². The molecule has 1 unspecified atom stereocenters. The molecule has 1 fully saturated rings. The number of pyridine rings is 1. The highest BCUT2D eigenvalue weighted by Gasteiger charge is 2.37. The zero-order valence-electron chi connectivity index (χ0n) is 13.4. The van der Waals surface area contributed by atoms with Crippen molar-refractivity contribution in [3.05, 3.63) is 61.1 Å². The van der Waals surface area contributed by atoms with Gasteiger partial charge in [0.2, 0.25) is 0 Å². The van der Waals surface area contributed by atoms with E-state index in [9.17, 15) is 0 Å². The molecule has 24 heavy (non-hydrogen) atoms. The molecule has 6 nitrogen and oxygen atoms in total. The lowest BCUT2D eigenvalue weighted by molar-refractivity contribution is 0.481. The predicted molar refractivity (Wildman–Crippen MR) is 90.5 cm³/mol. The lowest BCUT2D eigenvalue weighted by Crippen LogP contribution is -2.18. The van der Waals surface area contributed by atoms with Gasteiger partial charge in [0, 0.05) is 31.8 Å². The first-order chi connectivity index (χ1) is 11.8. The van der Waals surface area contributed by atoms with Crippen molar-refractivity contribution in [2.24, 2.45) is 13.0 Å². The van der Waals surface area contributed by atoms with Crippen LogP contribution in [0, 0.1) is 5.92 Å². The van der Waals surface area contributed by atoms with Crippen molar-refractivity contribution >= 4 is 5.52 Å². The van der Waals surface area contributed by atoms with Crippen LogP contribution in [0.3, 0.4) is 0 Å². The van der Waals surface area contributed by atoms with E-state index < -0.39 is 0 Å². The molecule has 0 saturated heterocycles. The van der Waals surface area contributed by atoms with Gasteiger partial charge in [-0.25, -0.2) is 14.5 Å². The summed E-state index contributed by atoms with van der Waals surface area (Å²) < 4.78 is 6.32. The van der Waals surface area contributed by atoms with Crippen molar-refractivity contribution in [2.45, 2.75) is 18.9 Å². The second-order valence-corrected chi connectivity index (χ2v) is 6.42. The van der Waals surface area contributed by atoms with Crippen LogP contribution in [0.2, 0.25) is 0 Å². The molecule has 0 spiro atoms. The molecule has 0 amide bonds. The number of fused-ring (bicyclic) bond motifs is 1. The Balaban J connectivity index is 1.69. The molecule has 4 heterocycles. The van der Waals surface area contributed by atoms with Crippen LogP contribution in [0.4, 0.5) is 0 Å². The average molecular weight is 318 g/mol. The zero-order valence-corrected chi connectivity index (χ0v) is 13.4. The smallest absolute Gasteiger partial charge is 0.159 e. The topological polar surface area (TPSA) is 52.9 Å². The van der Waals surface area contributed by atoms with Gasteiger partial charge in [-0.05, 0) is 37.0 Å². The fourth-order valence-corrected chi connectivity index (χ4v) is 3.49. The van der Waals surface area contributed by atoms with Gasteiger partial charge in [0.05, 0.1) is 17.8 Å². The van der Waals surface area contributed by atoms with Crippen molar-refractivity contribution in [1.82, 2.24) is 28.7 Å². The van der Waals surface area contributed by atoms with Crippen LogP contribution in [-0.4, -0.2) is 28.7 Å². The number of hydrogen-bond donors (Lipinski definition) is 0. The molecule has 0 bridgehead atoms. The van der Waals surface area contributed by atoms with Crippen LogP contribution in [0.25, 0.3) is 17.0 Å². The minimum absolute atomic E-state index is 0.216.